The molecule has 0 aliphatic carbocycles. The Morgan fingerprint density at radius 3 is 3.11 bits per heavy atom. The minimum absolute atomic E-state index is 0.0364. The third-order valence-corrected chi connectivity index (χ3v) is 5.85. The number of hydrogen-bond acceptors (Lipinski definition) is 5. The zero-order chi connectivity index (χ0) is 18.2. The van der Waals surface area contributed by atoms with Gasteiger partial charge in [0.1, 0.15) is 10.7 Å². The fraction of sp³-hybridized carbons (Fsp3) is 0.263. The van der Waals surface area contributed by atoms with Crippen LogP contribution in [-0.4, -0.2) is 42.1 Å². The van der Waals surface area contributed by atoms with Gasteiger partial charge >= 0.3 is 0 Å². The van der Waals surface area contributed by atoms with Gasteiger partial charge in [0.2, 0.25) is 0 Å². The first kappa shape index (κ1) is 16.2. The Morgan fingerprint density at radius 1 is 1.30 bits per heavy atom. The van der Waals surface area contributed by atoms with Gasteiger partial charge in [0.15, 0.2) is 0 Å². The van der Waals surface area contributed by atoms with Crippen molar-refractivity contribution in [1.82, 2.24) is 29.6 Å². The zero-order valence-corrected chi connectivity index (χ0v) is 15.4. The molecule has 8 heteroatoms. The van der Waals surface area contributed by atoms with Gasteiger partial charge in [0.25, 0.3) is 5.91 Å². The molecule has 1 atom stereocenters. The molecule has 7 nitrogen and oxygen atoms in total. The summed E-state index contributed by atoms with van der Waals surface area (Å²) in [6.07, 6.45) is 5.56. The highest BCUT2D eigenvalue weighted by atomic mass is 32.1. The van der Waals surface area contributed by atoms with Crippen molar-refractivity contribution >= 4 is 28.3 Å². The Kier molecular flexibility index (Phi) is 3.97. The van der Waals surface area contributed by atoms with E-state index in [1.807, 2.05) is 51.5 Å². The maximum Gasteiger partial charge on any atom is 0.274 e. The fourth-order valence-corrected chi connectivity index (χ4v) is 4.47. The first-order valence-corrected chi connectivity index (χ1v) is 9.82. The molecule has 5 rings (SSSR count). The van der Waals surface area contributed by atoms with E-state index in [0.717, 1.165) is 41.1 Å². The molecule has 1 fully saturated rings. The highest BCUT2D eigenvalue weighted by Gasteiger charge is 2.33. The number of rotatable bonds is 4. The van der Waals surface area contributed by atoms with E-state index in [1.54, 1.807) is 17.5 Å². The van der Waals surface area contributed by atoms with Crippen molar-refractivity contribution in [2.45, 2.75) is 25.4 Å². The summed E-state index contributed by atoms with van der Waals surface area (Å²) >= 11 is 1.60. The van der Waals surface area contributed by atoms with E-state index < -0.39 is 0 Å². The van der Waals surface area contributed by atoms with Gasteiger partial charge in [-0.2, -0.15) is 5.10 Å². The van der Waals surface area contributed by atoms with Crippen molar-refractivity contribution < 1.29 is 4.79 Å². The highest BCUT2D eigenvalue weighted by molar-refractivity contribution is 7.09. The number of hydrogen-bond donors (Lipinski definition) is 1. The number of carbonyl (C=O) groups excluding carboxylic acids is 1. The number of thiazole rings is 1. The quantitative estimate of drug-likeness (QED) is 0.591. The summed E-state index contributed by atoms with van der Waals surface area (Å²) in [5.74, 6) is -0.0364. The van der Waals surface area contributed by atoms with Crippen LogP contribution in [0.2, 0.25) is 0 Å². The number of para-hydroxylation sites is 2. The first-order valence-electron chi connectivity index (χ1n) is 8.94. The Hall–Kier alpha value is -3.00. The lowest BCUT2D eigenvalue weighted by Crippen LogP contribution is -2.30. The second-order valence-electron chi connectivity index (χ2n) is 6.67. The molecule has 27 heavy (non-hydrogen) atoms. The summed E-state index contributed by atoms with van der Waals surface area (Å²) in [4.78, 5) is 23.7. The summed E-state index contributed by atoms with van der Waals surface area (Å²) < 4.78 is 2.05. The minimum atomic E-state index is -0.0364. The number of fused-ring (bicyclic) bond motifs is 1. The molecule has 0 unspecified atom stereocenters. The molecule has 0 radical (unpaired) electrons. The molecule has 0 spiro atoms. The molecule has 1 amide bonds. The van der Waals surface area contributed by atoms with Crippen LogP contribution in [-0.2, 0) is 6.54 Å². The van der Waals surface area contributed by atoms with E-state index in [2.05, 4.69) is 20.2 Å². The number of aromatic amines is 1. The van der Waals surface area contributed by atoms with Gasteiger partial charge < -0.3 is 9.47 Å². The minimum Gasteiger partial charge on any atom is -0.328 e. The number of amides is 1. The standard InChI is InChI=1S/C19H18N6OS/c26-19(25-8-3-6-17(25)18-20-7-9-27-18)15-10-13(22-23-15)11-24-12-21-14-4-1-2-5-16(14)24/h1-2,4-5,7,9-10,12,17H,3,6,8,11H2,(H,22,23)/t17-/m1/s1. The van der Waals surface area contributed by atoms with Crippen LogP contribution in [0.25, 0.3) is 11.0 Å². The van der Waals surface area contributed by atoms with Crippen LogP contribution in [0.5, 0.6) is 0 Å². The maximum absolute atomic E-state index is 13.0. The third kappa shape index (κ3) is 2.91. The van der Waals surface area contributed by atoms with Gasteiger partial charge in [-0.3, -0.25) is 9.89 Å². The van der Waals surface area contributed by atoms with Crippen molar-refractivity contribution in [3.05, 3.63) is 64.6 Å². The molecule has 1 aliphatic rings. The van der Waals surface area contributed by atoms with Gasteiger partial charge in [-0.1, -0.05) is 12.1 Å². The number of carbonyl (C=O) groups is 1. The predicted molar refractivity (Wildman–Crippen MR) is 103 cm³/mol. The summed E-state index contributed by atoms with van der Waals surface area (Å²) in [7, 11) is 0. The molecule has 1 aromatic carbocycles. The number of aromatic nitrogens is 5. The molecular weight excluding hydrogens is 360 g/mol. The van der Waals surface area contributed by atoms with Crippen molar-refractivity contribution in [2.24, 2.45) is 0 Å². The smallest absolute Gasteiger partial charge is 0.274 e. The van der Waals surface area contributed by atoms with Crippen LogP contribution in [0, 0.1) is 0 Å². The molecule has 4 aromatic rings. The van der Waals surface area contributed by atoms with E-state index in [0.29, 0.717) is 12.2 Å². The predicted octanol–water partition coefficient (Wildman–Crippen LogP) is 3.24. The van der Waals surface area contributed by atoms with E-state index in [4.69, 9.17) is 0 Å². The van der Waals surface area contributed by atoms with E-state index >= 15 is 0 Å². The monoisotopic (exact) mass is 378 g/mol. The van der Waals surface area contributed by atoms with Crippen molar-refractivity contribution in [1.29, 1.82) is 0 Å². The normalized spacial score (nSPS) is 17.0. The van der Waals surface area contributed by atoms with Crippen LogP contribution < -0.4 is 0 Å². The van der Waals surface area contributed by atoms with Gasteiger partial charge in [0, 0.05) is 18.1 Å². The van der Waals surface area contributed by atoms with Gasteiger partial charge in [-0.05, 0) is 31.0 Å². The number of nitrogens with one attached hydrogen (secondary N) is 1. The number of H-pyrrole nitrogens is 1. The SMILES string of the molecule is O=C(c1cc(Cn2cnc3ccccc32)[nH]n1)N1CCC[C@@H]1c1nccs1. The Bertz CT molecular complexity index is 1080. The largest absolute Gasteiger partial charge is 0.328 e. The van der Waals surface area contributed by atoms with Crippen molar-refractivity contribution in [3.8, 4) is 0 Å². The van der Waals surface area contributed by atoms with Gasteiger partial charge in [0.05, 0.1) is 35.6 Å². The number of likely N-dealkylation sites (tertiary alicyclic amines) is 1. The lowest BCUT2D eigenvalue weighted by atomic mass is 10.2. The van der Waals surface area contributed by atoms with Crippen LogP contribution in [0.3, 0.4) is 0 Å². The summed E-state index contributed by atoms with van der Waals surface area (Å²) in [5, 5.41) is 10.2. The maximum atomic E-state index is 13.0. The van der Waals surface area contributed by atoms with Gasteiger partial charge in [-0.15, -0.1) is 11.3 Å². The Balaban J connectivity index is 1.36. The summed E-state index contributed by atoms with van der Waals surface area (Å²) in [6, 6.07) is 9.90. The molecule has 0 saturated carbocycles. The number of benzene rings is 1. The van der Waals surface area contributed by atoms with E-state index in [-0.39, 0.29) is 11.9 Å². The lowest BCUT2D eigenvalue weighted by molar-refractivity contribution is 0.0729. The molecule has 1 saturated heterocycles. The molecule has 0 bridgehead atoms. The van der Waals surface area contributed by atoms with Crippen LogP contribution in [0.4, 0.5) is 0 Å². The van der Waals surface area contributed by atoms with Gasteiger partial charge in [-0.25, -0.2) is 9.97 Å². The van der Waals surface area contributed by atoms with Crippen LogP contribution in [0.1, 0.15) is 40.1 Å². The number of imidazole rings is 1. The summed E-state index contributed by atoms with van der Waals surface area (Å²) in [5.41, 5.74) is 3.35. The fourth-order valence-electron chi connectivity index (χ4n) is 3.68. The lowest BCUT2D eigenvalue weighted by Gasteiger charge is -2.21. The van der Waals surface area contributed by atoms with E-state index in [1.165, 1.54) is 0 Å². The summed E-state index contributed by atoms with van der Waals surface area (Å²) in [6.45, 7) is 1.34. The van der Waals surface area contributed by atoms with Crippen LogP contribution in [0.15, 0.2) is 48.2 Å². The third-order valence-electron chi connectivity index (χ3n) is 4.97. The Morgan fingerprint density at radius 2 is 2.22 bits per heavy atom. The average molecular weight is 378 g/mol. The van der Waals surface area contributed by atoms with E-state index in [9.17, 15) is 4.79 Å². The van der Waals surface area contributed by atoms with Crippen molar-refractivity contribution in [3.63, 3.8) is 0 Å². The molecule has 1 N–H and O–H groups in total. The van der Waals surface area contributed by atoms with Crippen molar-refractivity contribution in [2.75, 3.05) is 6.54 Å². The molecule has 4 heterocycles. The zero-order valence-electron chi connectivity index (χ0n) is 14.6. The second kappa shape index (κ2) is 6.62. The molecule has 136 valence electrons. The average Bonchev–Trinajstić information content (AvgIpc) is 3.47. The topological polar surface area (TPSA) is 79.7 Å². The second-order valence-corrected chi connectivity index (χ2v) is 7.59. The highest BCUT2D eigenvalue weighted by Crippen LogP contribution is 2.33. The molecule has 3 aromatic heterocycles. The Labute approximate surface area is 159 Å². The molecular formula is C19H18N6OS. The molecule has 1 aliphatic heterocycles. The van der Waals surface area contributed by atoms with Crippen LogP contribution >= 0.6 is 11.3 Å². The first-order chi connectivity index (χ1) is 13.3. The number of nitrogens with zero attached hydrogens (tertiary/aromatic N) is 5.